The summed E-state index contributed by atoms with van der Waals surface area (Å²) in [5, 5.41) is 0. The molecule has 0 aromatic carbocycles. The maximum absolute atomic E-state index is 11.4. The Morgan fingerprint density at radius 2 is 2.42 bits per heavy atom. The highest BCUT2D eigenvalue weighted by molar-refractivity contribution is 5.76. The van der Waals surface area contributed by atoms with E-state index >= 15 is 0 Å². The summed E-state index contributed by atoms with van der Waals surface area (Å²) in [6.07, 6.45) is 2.12. The summed E-state index contributed by atoms with van der Waals surface area (Å²) in [5.74, 6) is 0.884. The average Bonchev–Trinajstić information content (AvgIpc) is 2.44. The number of fused-ring (bicyclic) bond motifs is 2. The average molecular weight is 169 g/mol. The van der Waals surface area contributed by atoms with Crippen molar-refractivity contribution in [2.45, 2.75) is 25.9 Å². The summed E-state index contributed by atoms with van der Waals surface area (Å²) >= 11 is 0. The van der Waals surface area contributed by atoms with Crippen molar-refractivity contribution in [2.75, 3.05) is 19.7 Å². The molecule has 0 aromatic rings. The molecule has 2 rings (SSSR count). The van der Waals surface area contributed by atoms with Gasteiger partial charge in [0.05, 0.1) is 12.7 Å². The van der Waals surface area contributed by atoms with Crippen LogP contribution in [0.25, 0.3) is 0 Å². The second kappa shape index (κ2) is 3.05. The van der Waals surface area contributed by atoms with E-state index in [0.29, 0.717) is 18.4 Å². The van der Waals surface area contributed by atoms with Gasteiger partial charge in [-0.2, -0.15) is 0 Å². The van der Waals surface area contributed by atoms with E-state index in [1.54, 1.807) is 0 Å². The normalized spacial score (nSPS) is 33.9. The quantitative estimate of drug-likeness (QED) is 0.576. The van der Waals surface area contributed by atoms with Crippen molar-refractivity contribution in [3.8, 4) is 0 Å². The van der Waals surface area contributed by atoms with E-state index in [4.69, 9.17) is 4.74 Å². The molecule has 0 spiro atoms. The minimum atomic E-state index is 0.273. The van der Waals surface area contributed by atoms with Crippen molar-refractivity contribution in [2.24, 2.45) is 5.92 Å². The van der Waals surface area contributed by atoms with E-state index in [9.17, 15) is 4.79 Å². The highest BCUT2D eigenvalue weighted by Gasteiger charge is 2.35. The number of amides is 1. The van der Waals surface area contributed by atoms with Crippen LogP contribution in [0.1, 0.15) is 19.8 Å². The Morgan fingerprint density at radius 3 is 3.08 bits per heavy atom. The maximum atomic E-state index is 11.4. The maximum Gasteiger partial charge on any atom is 0.222 e. The molecule has 3 nitrogen and oxygen atoms in total. The fraction of sp³-hybridized carbons (Fsp3) is 0.889. The number of ether oxygens (including phenoxy) is 1. The first kappa shape index (κ1) is 8.05. The monoisotopic (exact) mass is 169 g/mol. The molecule has 0 N–H and O–H groups in total. The molecule has 3 heteroatoms. The van der Waals surface area contributed by atoms with Crippen molar-refractivity contribution < 1.29 is 9.53 Å². The zero-order valence-electron chi connectivity index (χ0n) is 7.45. The van der Waals surface area contributed by atoms with Gasteiger partial charge in [-0.05, 0) is 6.42 Å². The van der Waals surface area contributed by atoms with Crippen LogP contribution in [0.2, 0.25) is 0 Å². The third-order valence-corrected chi connectivity index (χ3v) is 2.72. The number of nitrogens with zero attached hydrogens (tertiary/aromatic N) is 1. The van der Waals surface area contributed by atoms with Gasteiger partial charge in [0.2, 0.25) is 5.91 Å². The molecule has 0 aromatic heterocycles. The third-order valence-electron chi connectivity index (χ3n) is 2.72. The fourth-order valence-corrected chi connectivity index (χ4v) is 2.09. The fourth-order valence-electron chi connectivity index (χ4n) is 2.09. The molecule has 2 aliphatic heterocycles. The summed E-state index contributed by atoms with van der Waals surface area (Å²) < 4.78 is 5.51. The lowest BCUT2D eigenvalue weighted by atomic mass is 10.00. The highest BCUT2D eigenvalue weighted by atomic mass is 16.5. The second-order valence-corrected chi connectivity index (χ2v) is 3.71. The Labute approximate surface area is 72.7 Å². The van der Waals surface area contributed by atoms with Gasteiger partial charge in [0.1, 0.15) is 0 Å². The molecule has 2 aliphatic rings. The molecule has 2 bridgehead atoms. The standard InChI is InChI=1S/C9H15NO2/c1-2-9(11)10-4-7-3-8(5-10)12-6-7/h7-8H,2-6H2,1H3. The second-order valence-electron chi connectivity index (χ2n) is 3.71. The molecular weight excluding hydrogens is 154 g/mol. The first-order valence-electron chi connectivity index (χ1n) is 4.69. The third kappa shape index (κ3) is 1.33. The van der Waals surface area contributed by atoms with Crippen molar-refractivity contribution in [3.63, 3.8) is 0 Å². The SMILES string of the molecule is CCC(=O)N1CC2COC(C2)C1. The lowest BCUT2D eigenvalue weighted by Crippen LogP contribution is -2.42. The van der Waals surface area contributed by atoms with Crippen LogP contribution >= 0.6 is 0 Å². The van der Waals surface area contributed by atoms with Crippen molar-refractivity contribution in [1.82, 2.24) is 4.90 Å². The minimum absolute atomic E-state index is 0.273. The molecule has 12 heavy (non-hydrogen) atoms. The largest absolute Gasteiger partial charge is 0.376 e. The molecule has 2 saturated heterocycles. The number of carbonyl (C=O) groups excluding carboxylic acids is 1. The molecule has 2 atom stereocenters. The minimum Gasteiger partial charge on any atom is -0.376 e. The van der Waals surface area contributed by atoms with Gasteiger partial charge in [0.15, 0.2) is 0 Å². The van der Waals surface area contributed by atoms with E-state index in [-0.39, 0.29) is 5.91 Å². The van der Waals surface area contributed by atoms with Gasteiger partial charge in [0, 0.05) is 25.4 Å². The topological polar surface area (TPSA) is 29.5 Å². The zero-order valence-corrected chi connectivity index (χ0v) is 7.45. The van der Waals surface area contributed by atoms with Gasteiger partial charge in [-0.1, -0.05) is 6.92 Å². The molecular formula is C9H15NO2. The van der Waals surface area contributed by atoms with Crippen LogP contribution in [0.15, 0.2) is 0 Å². The Bertz CT molecular complexity index is 181. The van der Waals surface area contributed by atoms with Crippen molar-refractivity contribution in [1.29, 1.82) is 0 Å². The van der Waals surface area contributed by atoms with Crippen molar-refractivity contribution in [3.05, 3.63) is 0 Å². The number of carbonyl (C=O) groups is 1. The number of piperidine rings is 1. The predicted octanol–water partition coefficient (Wildman–Crippen LogP) is 0.644. The molecule has 0 radical (unpaired) electrons. The lowest BCUT2D eigenvalue weighted by molar-refractivity contribution is -0.133. The molecule has 0 aliphatic carbocycles. The van der Waals surface area contributed by atoms with Crippen LogP contribution < -0.4 is 0 Å². The Kier molecular flexibility index (Phi) is 2.05. The van der Waals surface area contributed by atoms with E-state index in [0.717, 1.165) is 26.1 Å². The molecule has 1 amide bonds. The van der Waals surface area contributed by atoms with Crippen LogP contribution in [0, 0.1) is 5.92 Å². The summed E-state index contributed by atoms with van der Waals surface area (Å²) in [5.41, 5.74) is 0. The summed E-state index contributed by atoms with van der Waals surface area (Å²) in [6, 6.07) is 0. The van der Waals surface area contributed by atoms with Crippen LogP contribution in [0.4, 0.5) is 0 Å². The Hall–Kier alpha value is -0.570. The number of likely N-dealkylation sites (tertiary alicyclic amines) is 1. The van der Waals surface area contributed by atoms with E-state index < -0.39 is 0 Å². The Morgan fingerprint density at radius 1 is 1.58 bits per heavy atom. The highest BCUT2D eigenvalue weighted by Crippen LogP contribution is 2.26. The van der Waals surface area contributed by atoms with Gasteiger partial charge in [-0.25, -0.2) is 0 Å². The van der Waals surface area contributed by atoms with E-state index in [1.165, 1.54) is 0 Å². The smallest absolute Gasteiger partial charge is 0.222 e. The predicted molar refractivity (Wildman–Crippen MR) is 44.7 cm³/mol. The molecule has 2 fully saturated rings. The Balaban J connectivity index is 1.98. The first-order chi connectivity index (χ1) is 5.79. The molecule has 2 unspecified atom stereocenters. The van der Waals surface area contributed by atoms with E-state index in [1.807, 2.05) is 11.8 Å². The lowest BCUT2D eigenvalue weighted by Gasteiger charge is -2.29. The van der Waals surface area contributed by atoms with Crippen LogP contribution in [0.3, 0.4) is 0 Å². The zero-order chi connectivity index (χ0) is 8.55. The summed E-state index contributed by atoms with van der Waals surface area (Å²) in [6.45, 7) is 4.52. The van der Waals surface area contributed by atoms with Gasteiger partial charge >= 0.3 is 0 Å². The molecule has 0 saturated carbocycles. The van der Waals surface area contributed by atoms with Crippen molar-refractivity contribution >= 4 is 5.91 Å². The first-order valence-corrected chi connectivity index (χ1v) is 4.69. The number of hydrogen-bond donors (Lipinski definition) is 0. The van der Waals surface area contributed by atoms with Crippen LogP contribution in [-0.2, 0) is 9.53 Å². The van der Waals surface area contributed by atoms with Gasteiger partial charge in [0.25, 0.3) is 0 Å². The van der Waals surface area contributed by atoms with Gasteiger partial charge in [-0.15, -0.1) is 0 Å². The summed E-state index contributed by atoms with van der Waals surface area (Å²) in [7, 11) is 0. The number of rotatable bonds is 1. The van der Waals surface area contributed by atoms with Crippen LogP contribution in [0.5, 0.6) is 0 Å². The molecule has 68 valence electrons. The number of hydrogen-bond acceptors (Lipinski definition) is 2. The van der Waals surface area contributed by atoms with Gasteiger partial charge in [-0.3, -0.25) is 4.79 Å². The van der Waals surface area contributed by atoms with Crippen LogP contribution in [-0.4, -0.2) is 36.6 Å². The van der Waals surface area contributed by atoms with E-state index in [2.05, 4.69) is 0 Å². The molecule has 2 heterocycles. The summed E-state index contributed by atoms with van der Waals surface area (Å²) in [4.78, 5) is 13.3. The van der Waals surface area contributed by atoms with Gasteiger partial charge < -0.3 is 9.64 Å².